The first-order valence-corrected chi connectivity index (χ1v) is 6.87. The third kappa shape index (κ3) is 3.02. The van der Waals surface area contributed by atoms with E-state index in [1.165, 1.54) is 11.8 Å². The van der Waals surface area contributed by atoms with Gasteiger partial charge in [0.15, 0.2) is 5.16 Å². The lowest BCUT2D eigenvalue weighted by Crippen LogP contribution is -2.16. The van der Waals surface area contributed by atoms with E-state index in [4.69, 9.17) is 0 Å². The minimum absolute atomic E-state index is 0.235. The molecular formula is C10H8BrN5OS. The summed E-state index contributed by atoms with van der Waals surface area (Å²) in [5, 5.41) is 3.08. The van der Waals surface area contributed by atoms with Crippen LogP contribution >= 0.6 is 27.7 Å². The van der Waals surface area contributed by atoms with Crippen molar-refractivity contribution in [1.82, 2.24) is 19.9 Å². The molecule has 0 saturated heterocycles. The fourth-order valence-electron chi connectivity index (χ4n) is 1.13. The van der Waals surface area contributed by atoms with Gasteiger partial charge in [-0.3, -0.25) is 10.1 Å². The lowest BCUT2D eigenvalue weighted by atomic mass is 10.4. The van der Waals surface area contributed by atoms with Crippen molar-refractivity contribution in [2.45, 2.75) is 5.16 Å². The SMILES string of the molecule is CSc1ncc(Br)c(C(=O)Nc2ncccn2)n1. The quantitative estimate of drug-likeness (QED) is 0.686. The lowest BCUT2D eigenvalue weighted by molar-refractivity contribution is 0.101. The van der Waals surface area contributed by atoms with Gasteiger partial charge in [-0.25, -0.2) is 19.9 Å². The van der Waals surface area contributed by atoms with E-state index in [0.29, 0.717) is 9.63 Å². The van der Waals surface area contributed by atoms with Crippen molar-refractivity contribution in [1.29, 1.82) is 0 Å². The Labute approximate surface area is 116 Å². The summed E-state index contributed by atoms with van der Waals surface area (Å²) >= 11 is 4.60. The van der Waals surface area contributed by atoms with Crippen LogP contribution in [0.3, 0.4) is 0 Å². The summed E-state index contributed by atoms with van der Waals surface area (Å²) in [7, 11) is 0. The molecule has 2 heterocycles. The van der Waals surface area contributed by atoms with E-state index < -0.39 is 0 Å². The van der Waals surface area contributed by atoms with Crippen LogP contribution in [0.4, 0.5) is 5.95 Å². The molecule has 0 radical (unpaired) electrons. The second-order valence-electron chi connectivity index (χ2n) is 3.08. The number of nitrogens with one attached hydrogen (secondary N) is 1. The number of carbonyl (C=O) groups is 1. The Hall–Kier alpha value is -1.54. The van der Waals surface area contributed by atoms with Gasteiger partial charge in [0, 0.05) is 18.6 Å². The zero-order chi connectivity index (χ0) is 13.0. The molecule has 6 nitrogen and oxygen atoms in total. The van der Waals surface area contributed by atoms with Crippen LogP contribution in [-0.2, 0) is 0 Å². The zero-order valence-electron chi connectivity index (χ0n) is 9.29. The van der Waals surface area contributed by atoms with Crippen LogP contribution in [0.5, 0.6) is 0 Å². The predicted octanol–water partition coefficient (Wildman–Crippen LogP) is 2.00. The van der Waals surface area contributed by atoms with E-state index in [9.17, 15) is 4.79 Å². The molecule has 0 unspecified atom stereocenters. The summed E-state index contributed by atoms with van der Waals surface area (Å²) in [6.07, 6.45) is 6.47. The van der Waals surface area contributed by atoms with E-state index in [1.54, 1.807) is 24.7 Å². The highest BCUT2D eigenvalue weighted by Gasteiger charge is 2.14. The molecule has 8 heteroatoms. The molecule has 0 aliphatic carbocycles. The van der Waals surface area contributed by atoms with Gasteiger partial charge in [-0.05, 0) is 28.3 Å². The van der Waals surface area contributed by atoms with Gasteiger partial charge >= 0.3 is 0 Å². The van der Waals surface area contributed by atoms with Gasteiger partial charge in [-0.15, -0.1) is 0 Å². The van der Waals surface area contributed by atoms with Crippen LogP contribution in [0, 0.1) is 0 Å². The normalized spacial score (nSPS) is 10.1. The Morgan fingerprint density at radius 2 is 2.06 bits per heavy atom. The Bertz CT molecular complexity index is 565. The lowest BCUT2D eigenvalue weighted by Gasteiger charge is -2.05. The highest BCUT2D eigenvalue weighted by molar-refractivity contribution is 9.10. The van der Waals surface area contributed by atoms with E-state index in [2.05, 4.69) is 41.2 Å². The maximum atomic E-state index is 12.0. The van der Waals surface area contributed by atoms with E-state index >= 15 is 0 Å². The number of carbonyl (C=O) groups excluding carboxylic acids is 1. The Morgan fingerprint density at radius 3 is 2.72 bits per heavy atom. The van der Waals surface area contributed by atoms with Gasteiger partial charge in [0.25, 0.3) is 5.91 Å². The van der Waals surface area contributed by atoms with Crippen LogP contribution in [0.1, 0.15) is 10.5 Å². The number of halogens is 1. The maximum absolute atomic E-state index is 12.0. The van der Waals surface area contributed by atoms with E-state index in [-0.39, 0.29) is 17.5 Å². The minimum atomic E-state index is -0.384. The summed E-state index contributed by atoms with van der Waals surface area (Å²) in [5.74, 6) is -0.149. The molecule has 2 rings (SSSR count). The van der Waals surface area contributed by atoms with Crippen molar-refractivity contribution in [2.24, 2.45) is 0 Å². The van der Waals surface area contributed by atoms with Crippen molar-refractivity contribution < 1.29 is 4.79 Å². The fraction of sp³-hybridized carbons (Fsp3) is 0.100. The second kappa shape index (κ2) is 5.87. The molecule has 1 N–H and O–H groups in total. The molecule has 0 aliphatic heterocycles. The average molecular weight is 326 g/mol. The Kier molecular flexibility index (Phi) is 4.21. The summed E-state index contributed by atoms with van der Waals surface area (Å²) < 4.78 is 0.522. The molecule has 0 fully saturated rings. The van der Waals surface area contributed by atoms with Gasteiger partial charge in [-0.1, -0.05) is 11.8 Å². The van der Waals surface area contributed by atoms with E-state index in [1.807, 2.05) is 6.26 Å². The molecule has 0 aliphatic rings. The fourth-order valence-corrected chi connectivity index (χ4v) is 1.84. The molecule has 0 spiro atoms. The first kappa shape index (κ1) is 12.9. The molecule has 92 valence electrons. The molecule has 0 atom stereocenters. The highest BCUT2D eigenvalue weighted by atomic mass is 79.9. The number of anilines is 1. The van der Waals surface area contributed by atoms with E-state index in [0.717, 1.165) is 0 Å². The first-order chi connectivity index (χ1) is 8.70. The number of hydrogen-bond acceptors (Lipinski definition) is 6. The zero-order valence-corrected chi connectivity index (χ0v) is 11.7. The van der Waals surface area contributed by atoms with Crippen LogP contribution in [0.15, 0.2) is 34.3 Å². The molecule has 2 aromatic rings. The van der Waals surface area contributed by atoms with Gasteiger partial charge in [0.2, 0.25) is 5.95 Å². The number of thioether (sulfide) groups is 1. The predicted molar refractivity (Wildman–Crippen MR) is 71.5 cm³/mol. The van der Waals surface area contributed by atoms with Crippen molar-refractivity contribution >= 4 is 39.5 Å². The van der Waals surface area contributed by atoms with Crippen LogP contribution < -0.4 is 5.32 Å². The molecule has 1 amide bonds. The third-order valence-electron chi connectivity index (χ3n) is 1.91. The molecule has 2 aromatic heterocycles. The standard InChI is InChI=1S/C10H8BrN5OS/c1-18-10-14-5-6(11)7(15-10)8(17)16-9-12-3-2-4-13-9/h2-5H,1H3,(H,12,13,16,17). The molecule has 0 saturated carbocycles. The monoisotopic (exact) mass is 325 g/mol. The van der Waals surface area contributed by atoms with Gasteiger partial charge in [0.05, 0.1) is 4.47 Å². The highest BCUT2D eigenvalue weighted by Crippen LogP contribution is 2.17. The number of nitrogens with zero attached hydrogens (tertiary/aromatic N) is 4. The topological polar surface area (TPSA) is 80.7 Å². The van der Waals surface area contributed by atoms with Gasteiger partial charge < -0.3 is 0 Å². The summed E-state index contributed by atoms with van der Waals surface area (Å²) in [6.45, 7) is 0. The first-order valence-electron chi connectivity index (χ1n) is 4.85. The molecular weight excluding hydrogens is 318 g/mol. The third-order valence-corrected chi connectivity index (χ3v) is 3.05. The van der Waals surface area contributed by atoms with Crippen molar-refractivity contribution in [3.8, 4) is 0 Å². The maximum Gasteiger partial charge on any atom is 0.277 e. The summed E-state index contributed by atoms with van der Waals surface area (Å²) in [6, 6.07) is 1.67. The minimum Gasteiger partial charge on any atom is -0.289 e. The Morgan fingerprint density at radius 1 is 1.33 bits per heavy atom. The smallest absolute Gasteiger partial charge is 0.277 e. The number of rotatable bonds is 3. The number of aromatic nitrogens is 4. The molecule has 0 aromatic carbocycles. The van der Waals surface area contributed by atoms with Crippen LogP contribution in [-0.4, -0.2) is 32.1 Å². The van der Waals surface area contributed by atoms with Crippen LogP contribution in [0.25, 0.3) is 0 Å². The van der Waals surface area contributed by atoms with Crippen molar-refractivity contribution in [3.63, 3.8) is 0 Å². The molecule has 0 bridgehead atoms. The number of hydrogen-bond donors (Lipinski definition) is 1. The van der Waals surface area contributed by atoms with Gasteiger partial charge in [0.1, 0.15) is 5.69 Å². The summed E-state index contributed by atoms with van der Waals surface area (Å²) in [4.78, 5) is 28.0. The number of amides is 1. The van der Waals surface area contributed by atoms with Crippen molar-refractivity contribution in [3.05, 3.63) is 34.8 Å². The van der Waals surface area contributed by atoms with Gasteiger partial charge in [-0.2, -0.15) is 0 Å². The Balaban J connectivity index is 2.23. The largest absolute Gasteiger partial charge is 0.289 e. The second-order valence-corrected chi connectivity index (χ2v) is 4.71. The summed E-state index contributed by atoms with van der Waals surface area (Å²) in [5.41, 5.74) is 0.252. The average Bonchev–Trinajstić information content (AvgIpc) is 2.40. The van der Waals surface area contributed by atoms with Crippen LogP contribution in [0.2, 0.25) is 0 Å². The van der Waals surface area contributed by atoms with Crippen molar-refractivity contribution in [2.75, 3.05) is 11.6 Å². The molecule has 18 heavy (non-hydrogen) atoms.